The molecule has 1 atom stereocenters. The van der Waals surface area contributed by atoms with Crippen LogP contribution in [0.2, 0.25) is 0 Å². The van der Waals surface area contributed by atoms with Gasteiger partial charge in [0, 0.05) is 6.20 Å². The zero-order valence-electron chi connectivity index (χ0n) is 8.93. The lowest BCUT2D eigenvalue weighted by Crippen LogP contribution is -2.35. The number of carbonyl (C=O) groups is 2. The summed E-state index contributed by atoms with van der Waals surface area (Å²) in [5.41, 5.74) is 0. The van der Waals surface area contributed by atoms with Crippen LogP contribution in [-0.2, 0) is 14.3 Å². The van der Waals surface area contributed by atoms with Crippen molar-refractivity contribution in [2.45, 2.75) is 26.4 Å². The van der Waals surface area contributed by atoms with Crippen LogP contribution >= 0.6 is 11.8 Å². The monoisotopic (exact) mass is 229 g/mol. The first kappa shape index (κ1) is 12.1. The molecule has 1 aliphatic heterocycles. The summed E-state index contributed by atoms with van der Waals surface area (Å²) in [6.07, 6.45) is 2.32. The summed E-state index contributed by atoms with van der Waals surface area (Å²) in [5.74, 6) is -0.00882. The summed E-state index contributed by atoms with van der Waals surface area (Å²) < 4.78 is 5.08. The fraction of sp³-hybridized carbons (Fsp3) is 0.600. The first-order valence-electron chi connectivity index (χ1n) is 4.90. The van der Waals surface area contributed by atoms with Crippen molar-refractivity contribution >= 4 is 23.6 Å². The van der Waals surface area contributed by atoms with Gasteiger partial charge in [0.15, 0.2) is 0 Å². The van der Waals surface area contributed by atoms with Crippen LogP contribution < -0.4 is 0 Å². The van der Waals surface area contributed by atoms with Crippen molar-refractivity contribution in [2.75, 3.05) is 12.3 Å². The molecule has 0 radical (unpaired) electrons. The van der Waals surface area contributed by atoms with E-state index >= 15 is 0 Å². The summed E-state index contributed by atoms with van der Waals surface area (Å²) in [4.78, 5) is 24.1. The Labute approximate surface area is 93.6 Å². The van der Waals surface area contributed by atoms with Crippen LogP contribution in [0.15, 0.2) is 11.6 Å². The van der Waals surface area contributed by atoms with Crippen LogP contribution in [0.25, 0.3) is 0 Å². The Kier molecular flexibility index (Phi) is 4.68. The first-order valence-corrected chi connectivity index (χ1v) is 5.95. The molecule has 1 rings (SSSR count). The van der Waals surface area contributed by atoms with Gasteiger partial charge in [0.2, 0.25) is 5.91 Å². The summed E-state index contributed by atoms with van der Waals surface area (Å²) in [6, 6.07) is 0. The maximum Gasteiger partial charge on any atom is 0.326 e. The van der Waals surface area contributed by atoms with Gasteiger partial charge < -0.3 is 9.64 Å². The minimum Gasteiger partial charge on any atom is -0.461 e. The molecule has 84 valence electrons. The fourth-order valence-corrected chi connectivity index (χ4v) is 1.66. The lowest BCUT2D eigenvalue weighted by atomic mass is 10.3. The normalized spacial score (nSPS) is 17.7. The number of hydrogen-bond acceptors (Lipinski definition) is 4. The van der Waals surface area contributed by atoms with Gasteiger partial charge in [0.25, 0.3) is 0 Å². The van der Waals surface area contributed by atoms with Crippen LogP contribution in [0.4, 0.5) is 0 Å². The Morgan fingerprint density at radius 1 is 1.73 bits per heavy atom. The van der Waals surface area contributed by atoms with Gasteiger partial charge in [0.1, 0.15) is 6.54 Å². The summed E-state index contributed by atoms with van der Waals surface area (Å²) in [7, 11) is 0. The third kappa shape index (κ3) is 3.95. The zero-order valence-corrected chi connectivity index (χ0v) is 9.75. The van der Waals surface area contributed by atoms with Crippen molar-refractivity contribution in [3.8, 4) is 0 Å². The number of carbonyl (C=O) groups excluding carboxylic acids is 2. The number of rotatable bonds is 4. The maximum atomic E-state index is 11.4. The van der Waals surface area contributed by atoms with E-state index < -0.39 is 0 Å². The number of ether oxygens (including phenoxy) is 1. The van der Waals surface area contributed by atoms with Crippen LogP contribution in [0.5, 0.6) is 0 Å². The maximum absolute atomic E-state index is 11.4. The molecule has 0 N–H and O–H groups in total. The second-order valence-electron chi connectivity index (χ2n) is 3.33. The van der Waals surface area contributed by atoms with E-state index in [2.05, 4.69) is 0 Å². The minimum atomic E-state index is -0.353. The van der Waals surface area contributed by atoms with Gasteiger partial charge in [-0.1, -0.05) is 6.92 Å². The number of amides is 1. The van der Waals surface area contributed by atoms with Crippen molar-refractivity contribution in [1.82, 2.24) is 4.90 Å². The highest BCUT2D eigenvalue weighted by Crippen LogP contribution is 2.12. The van der Waals surface area contributed by atoms with Crippen molar-refractivity contribution in [3.05, 3.63) is 11.6 Å². The number of hydrogen-bond donors (Lipinski definition) is 0. The minimum absolute atomic E-state index is 0.0141. The Morgan fingerprint density at radius 3 is 3.07 bits per heavy atom. The average molecular weight is 229 g/mol. The highest BCUT2D eigenvalue weighted by atomic mass is 32.2. The SMILES string of the molecule is CCC(C)OC(=O)CN1C=CSCC1=O. The molecule has 1 aliphatic rings. The first-order chi connectivity index (χ1) is 7.13. The largest absolute Gasteiger partial charge is 0.461 e. The van der Waals surface area contributed by atoms with Crippen LogP contribution in [0, 0.1) is 0 Å². The van der Waals surface area contributed by atoms with Crippen LogP contribution in [0.1, 0.15) is 20.3 Å². The molecule has 0 aromatic rings. The molecular formula is C10H15NO3S. The van der Waals surface area contributed by atoms with E-state index in [1.165, 1.54) is 16.7 Å². The average Bonchev–Trinajstić information content (AvgIpc) is 2.21. The molecule has 5 heteroatoms. The van der Waals surface area contributed by atoms with Crippen LogP contribution in [0.3, 0.4) is 0 Å². The highest BCUT2D eigenvalue weighted by Gasteiger charge is 2.18. The van der Waals surface area contributed by atoms with E-state index in [9.17, 15) is 9.59 Å². The third-order valence-electron chi connectivity index (χ3n) is 2.07. The summed E-state index contributed by atoms with van der Waals surface area (Å²) >= 11 is 1.43. The van der Waals surface area contributed by atoms with E-state index in [-0.39, 0.29) is 24.5 Å². The highest BCUT2D eigenvalue weighted by molar-refractivity contribution is 8.02. The Hall–Kier alpha value is -0.970. The van der Waals surface area contributed by atoms with Gasteiger partial charge in [-0.25, -0.2) is 0 Å². The molecule has 0 aromatic carbocycles. The van der Waals surface area contributed by atoms with Crippen LogP contribution in [-0.4, -0.2) is 35.2 Å². The van der Waals surface area contributed by atoms with Gasteiger partial charge in [-0.05, 0) is 18.8 Å². The van der Waals surface area contributed by atoms with E-state index in [1.807, 2.05) is 13.8 Å². The Balaban J connectivity index is 2.40. The van der Waals surface area contributed by atoms with Crippen molar-refractivity contribution < 1.29 is 14.3 Å². The molecule has 0 bridgehead atoms. The second kappa shape index (κ2) is 5.80. The number of nitrogens with zero attached hydrogens (tertiary/aromatic N) is 1. The smallest absolute Gasteiger partial charge is 0.326 e. The predicted octanol–water partition coefficient (Wildman–Crippen LogP) is 1.37. The molecule has 0 aromatic heterocycles. The van der Waals surface area contributed by atoms with Crippen molar-refractivity contribution in [1.29, 1.82) is 0 Å². The van der Waals surface area contributed by atoms with Gasteiger partial charge in [-0.3, -0.25) is 9.59 Å². The lowest BCUT2D eigenvalue weighted by Gasteiger charge is -2.21. The number of thioether (sulfide) groups is 1. The quantitative estimate of drug-likeness (QED) is 0.683. The molecule has 0 saturated carbocycles. The van der Waals surface area contributed by atoms with E-state index in [0.717, 1.165) is 6.42 Å². The van der Waals surface area contributed by atoms with E-state index in [0.29, 0.717) is 5.75 Å². The zero-order chi connectivity index (χ0) is 11.3. The van der Waals surface area contributed by atoms with E-state index in [1.54, 1.807) is 11.6 Å². The molecule has 0 aliphatic carbocycles. The van der Waals surface area contributed by atoms with Crippen molar-refractivity contribution in [2.24, 2.45) is 0 Å². The van der Waals surface area contributed by atoms with Gasteiger partial charge in [0.05, 0.1) is 11.9 Å². The topological polar surface area (TPSA) is 46.6 Å². The molecule has 1 amide bonds. The van der Waals surface area contributed by atoms with Crippen molar-refractivity contribution in [3.63, 3.8) is 0 Å². The molecule has 1 heterocycles. The second-order valence-corrected chi connectivity index (χ2v) is 4.22. The molecule has 1 unspecified atom stereocenters. The van der Waals surface area contributed by atoms with Gasteiger partial charge in [-0.15, -0.1) is 11.8 Å². The summed E-state index contributed by atoms with van der Waals surface area (Å²) in [5, 5.41) is 1.80. The molecular weight excluding hydrogens is 214 g/mol. The molecule has 4 nitrogen and oxygen atoms in total. The molecule has 0 fully saturated rings. The molecule has 15 heavy (non-hydrogen) atoms. The molecule has 0 saturated heterocycles. The number of esters is 1. The Morgan fingerprint density at radius 2 is 2.47 bits per heavy atom. The lowest BCUT2D eigenvalue weighted by molar-refractivity contribution is -0.151. The third-order valence-corrected chi connectivity index (χ3v) is 2.80. The summed E-state index contributed by atoms with van der Waals surface area (Å²) in [6.45, 7) is 3.79. The Bertz CT molecular complexity index is 278. The van der Waals surface area contributed by atoms with Gasteiger partial charge in [-0.2, -0.15) is 0 Å². The fourth-order valence-electron chi connectivity index (χ4n) is 1.03. The van der Waals surface area contributed by atoms with E-state index in [4.69, 9.17) is 4.74 Å². The molecule has 0 spiro atoms. The van der Waals surface area contributed by atoms with Gasteiger partial charge >= 0.3 is 5.97 Å². The standard InChI is InChI=1S/C10H15NO3S/c1-3-8(2)14-10(13)6-11-4-5-15-7-9(11)12/h4-5,8H,3,6-7H2,1-2H3. The predicted molar refractivity (Wildman–Crippen MR) is 59.2 cm³/mol.